The van der Waals surface area contributed by atoms with Gasteiger partial charge >= 0.3 is 0 Å². The van der Waals surface area contributed by atoms with E-state index in [2.05, 4.69) is 16.5 Å². The van der Waals surface area contributed by atoms with Crippen molar-refractivity contribution in [1.29, 1.82) is 0 Å². The number of hydrogen-bond donors (Lipinski definition) is 1. The zero-order valence-corrected chi connectivity index (χ0v) is 7.20. The van der Waals surface area contributed by atoms with Crippen molar-refractivity contribution in [3.63, 3.8) is 0 Å². The smallest absolute Gasteiger partial charge is 0.0723 e. The minimum absolute atomic E-state index is 0.971. The quantitative estimate of drug-likeness (QED) is 0.737. The summed E-state index contributed by atoms with van der Waals surface area (Å²) < 4.78 is 0. The first-order chi connectivity index (χ1) is 6.42. The monoisotopic (exact) mass is 170 g/mol. The minimum atomic E-state index is 0.971. The van der Waals surface area contributed by atoms with E-state index < -0.39 is 0 Å². The molecule has 0 unspecified atom stereocenters. The molecule has 0 atom stereocenters. The highest BCUT2D eigenvalue weighted by Crippen LogP contribution is 2.20. The molecule has 64 valence electrons. The third-order valence-corrected chi connectivity index (χ3v) is 1.92. The van der Waals surface area contributed by atoms with Gasteiger partial charge in [0.15, 0.2) is 0 Å². The third-order valence-electron chi connectivity index (χ3n) is 1.92. The van der Waals surface area contributed by atoms with Crippen molar-refractivity contribution < 1.29 is 0 Å². The molecule has 2 nitrogen and oxygen atoms in total. The predicted molar refractivity (Wildman–Crippen MR) is 54.1 cm³/mol. The van der Waals surface area contributed by atoms with Crippen LogP contribution in [-0.2, 0) is 0 Å². The van der Waals surface area contributed by atoms with Crippen molar-refractivity contribution in [2.24, 2.45) is 0 Å². The van der Waals surface area contributed by atoms with E-state index in [9.17, 15) is 0 Å². The van der Waals surface area contributed by atoms with Crippen LogP contribution < -0.4 is 0 Å². The van der Waals surface area contributed by atoms with E-state index in [0.29, 0.717) is 0 Å². The maximum atomic E-state index is 4.26. The molecule has 0 aliphatic carbocycles. The van der Waals surface area contributed by atoms with Gasteiger partial charge in [-0.25, -0.2) is 0 Å². The summed E-state index contributed by atoms with van der Waals surface area (Å²) >= 11 is 0. The molecular weight excluding hydrogens is 160 g/mol. The van der Waals surface area contributed by atoms with Gasteiger partial charge in [-0.05, 0) is 24.3 Å². The molecule has 13 heavy (non-hydrogen) atoms. The van der Waals surface area contributed by atoms with Crippen LogP contribution in [0.4, 0.5) is 0 Å². The Kier molecular flexibility index (Phi) is 1.96. The average molecular weight is 170 g/mol. The van der Waals surface area contributed by atoms with Crippen molar-refractivity contribution in [3.8, 4) is 11.3 Å². The van der Waals surface area contributed by atoms with Crippen molar-refractivity contribution in [3.05, 3.63) is 48.9 Å². The van der Waals surface area contributed by atoms with Crippen LogP contribution in [0.2, 0.25) is 0 Å². The molecule has 2 aromatic rings. The lowest BCUT2D eigenvalue weighted by molar-refractivity contribution is 1.31. The molecule has 2 rings (SSSR count). The molecule has 0 bridgehead atoms. The van der Waals surface area contributed by atoms with E-state index in [4.69, 9.17) is 0 Å². The summed E-state index contributed by atoms with van der Waals surface area (Å²) in [5.74, 6) is 0. The van der Waals surface area contributed by atoms with Crippen LogP contribution in [0.25, 0.3) is 17.3 Å². The largest absolute Gasteiger partial charge is 0.361 e. The number of H-pyrrole nitrogens is 1. The molecule has 0 aliphatic rings. The highest BCUT2D eigenvalue weighted by molar-refractivity contribution is 5.70. The average Bonchev–Trinajstić information content (AvgIpc) is 2.67. The van der Waals surface area contributed by atoms with Crippen LogP contribution in [0.15, 0.2) is 43.2 Å². The van der Waals surface area contributed by atoms with Gasteiger partial charge in [0, 0.05) is 23.7 Å². The molecule has 2 heterocycles. The van der Waals surface area contributed by atoms with Gasteiger partial charge < -0.3 is 4.98 Å². The molecule has 0 saturated carbocycles. The van der Waals surface area contributed by atoms with Crippen molar-refractivity contribution in [1.82, 2.24) is 9.97 Å². The van der Waals surface area contributed by atoms with E-state index in [1.54, 1.807) is 12.3 Å². The fourth-order valence-corrected chi connectivity index (χ4v) is 1.30. The first-order valence-electron chi connectivity index (χ1n) is 4.13. The van der Waals surface area contributed by atoms with Crippen LogP contribution in [0.1, 0.15) is 5.69 Å². The summed E-state index contributed by atoms with van der Waals surface area (Å²) in [6.07, 6.45) is 5.47. The van der Waals surface area contributed by atoms with Gasteiger partial charge in [-0.15, -0.1) is 0 Å². The molecule has 2 heteroatoms. The van der Waals surface area contributed by atoms with E-state index >= 15 is 0 Å². The number of hydrogen-bond acceptors (Lipinski definition) is 1. The highest BCUT2D eigenvalue weighted by atomic mass is 14.7. The van der Waals surface area contributed by atoms with Crippen molar-refractivity contribution >= 4 is 6.08 Å². The van der Waals surface area contributed by atoms with Gasteiger partial charge in [-0.2, -0.15) is 0 Å². The summed E-state index contributed by atoms with van der Waals surface area (Å²) in [6.45, 7) is 3.73. The number of aromatic amines is 1. The standard InChI is InChI=1S/C11H10N2/c1-2-10-9(6-8-13-10)11-5-3-4-7-12-11/h2-8,13H,1H2. The molecule has 0 amide bonds. The van der Waals surface area contributed by atoms with Crippen molar-refractivity contribution in [2.75, 3.05) is 0 Å². The van der Waals surface area contributed by atoms with Crippen LogP contribution in [0.5, 0.6) is 0 Å². The number of nitrogens with zero attached hydrogens (tertiary/aromatic N) is 1. The zero-order valence-electron chi connectivity index (χ0n) is 7.20. The predicted octanol–water partition coefficient (Wildman–Crippen LogP) is 2.72. The Bertz CT molecular complexity index is 401. The third kappa shape index (κ3) is 1.38. The van der Waals surface area contributed by atoms with Gasteiger partial charge in [-0.3, -0.25) is 4.98 Å². The number of rotatable bonds is 2. The second kappa shape index (κ2) is 3.27. The SMILES string of the molecule is C=Cc1[nH]ccc1-c1ccccn1. The summed E-state index contributed by atoms with van der Waals surface area (Å²) in [5.41, 5.74) is 3.08. The topological polar surface area (TPSA) is 28.7 Å². The first kappa shape index (κ1) is 7.80. The fraction of sp³-hybridized carbons (Fsp3) is 0. The van der Waals surface area contributed by atoms with Crippen LogP contribution in [0.3, 0.4) is 0 Å². The lowest BCUT2D eigenvalue weighted by Crippen LogP contribution is -1.81. The van der Waals surface area contributed by atoms with Crippen molar-refractivity contribution in [2.45, 2.75) is 0 Å². The summed E-state index contributed by atoms with van der Waals surface area (Å²) in [4.78, 5) is 7.36. The Morgan fingerprint density at radius 2 is 2.23 bits per heavy atom. The maximum absolute atomic E-state index is 4.26. The molecule has 0 fully saturated rings. The van der Waals surface area contributed by atoms with Gasteiger partial charge in [-0.1, -0.05) is 12.6 Å². The normalized spacial score (nSPS) is 9.85. The summed E-state index contributed by atoms with van der Waals surface area (Å²) in [5, 5.41) is 0. The number of pyridine rings is 1. The Labute approximate surface area is 77.0 Å². The highest BCUT2D eigenvalue weighted by Gasteiger charge is 2.02. The molecule has 2 aromatic heterocycles. The van der Waals surface area contributed by atoms with Crippen LogP contribution in [-0.4, -0.2) is 9.97 Å². The lowest BCUT2D eigenvalue weighted by Gasteiger charge is -1.97. The van der Waals surface area contributed by atoms with Gasteiger partial charge in [0.2, 0.25) is 0 Å². The van der Waals surface area contributed by atoms with Crippen LogP contribution in [0, 0.1) is 0 Å². The van der Waals surface area contributed by atoms with E-state index in [1.807, 2.05) is 30.5 Å². The second-order valence-electron chi connectivity index (χ2n) is 2.72. The molecule has 0 spiro atoms. The van der Waals surface area contributed by atoms with E-state index in [0.717, 1.165) is 17.0 Å². The number of aromatic nitrogens is 2. The Hall–Kier alpha value is -1.83. The lowest BCUT2D eigenvalue weighted by atomic mass is 10.1. The van der Waals surface area contributed by atoms with Gasteiger partial charge in [0.1, 0.15) is 0 Å². The van der Waals surface area contributed by atoms with Gasteiger partial charge in [0.25, 0.3) is 0 Å². The molecule has 0 aromatic carbocycles. The molecule has 0 radical (unpaired) electrons. The second-order valence-corrected chi connectivity index (χ2v) is 2.72. The Balaban J connectivity index is 2.52. The Morgan fingerprint density at radius 3 is 2.92 bits per heavy atom. The van der Waals surface area contributed by atoms with Gasteiger partial charge in [0.05, 0.1) is 5.69 Å². The zero-order chi connectivity index (χ0) is 9.10. The summed E-state index contributed by atoms with van der Waals surface area (Å²) in [6, 6.07) is 7.86. The van der Waals surface area contributed by atoms with E-state index in [1.165, 1.54) is 0 Å². The molecular formula is C11H10N2. The fourth-order valence-electron chi connectivity index (χ4n) is 1.30. The molecule has 0 saturated heterocycles. The molecule has 1 N–H and O–H groups in total. The minimum Gasteiger partial charge on any atom is -0.361 e. The Morgan fingerprint density at radius 1 is 1.31 bits per heavy atom. The number of nitrogens with one attached hydrogen (secondary N) is 1. The molecule has 0 aliphatic heterocycles. The van der Waals surface area contributed by atoms with E-state index in [-0.39, 0.29) is 0 Å². The maximum Gasteiger partial charge on any atom is 0.0723 e. The van der Waals surface area contributed by atoms with Crippen LogP contribution >= 0.6 is 0 Å². The summed E-state index contributed by atoms with van der Waals surface area (Å²) in [7, 11) is 0. The first-order valence-corrected chi connectivity index (χ1v) is 4.13.